The van der Waals surface area contributed by atoms with E-state index in [1.807, 2.05) is 48.5 Å². The third kappa shape index (κ3) is 5.22. The van der Waals surface area contributed by atoms with Crippen molar-refractivity contribution >= 4 is 22.5 Å². The highest BCUT2D eigenvalue weighted by molar-refractivity contribution is 6.18. The van der Waals surface area contributed by atoms with Crippen LogP contribution in [0.4, 0.5) is 0 Å². The van der Waals surface area contributed by atoms with Crippen LogP contribution in [0, 0.1) is 0 Å². The van der Waals surface area contributed by atoms with E-state index >= 15 is 0 Å². The summed E-state index contributed by atoms with van der Waals surface area (Å²) in [4.78, 5) is 22.6. The van der Waals surface area contributed by atoms with Gasteiger partial charge in [-0.3, -0.25) is 4.98 Å². The molecule has 0 aliphatic carbocycles. The van der Waals surface area contributed by atoms with Gasteiger partial charge in [-0.1, -0.05) is 35.5 Å². The van der Waals surface area contributed by atoms with Crippen LogP contribution < -0.4 is 18.9 Å². The molecule has 184 valence electrons. The number of hydrogen-bond acceptors (Lipinski definition) is 8. The van der Waals surface area contributed by atoms with E-state index in [9.17, 15) is 4.79 Å². The predicted molar refractivity (Wildman–Crippen MR) is 136 cm³/mol. The van der Waals surface area contributed by atoms with E-state index in [4.69, 9.17) is 23.8 Å². The van der Waals surface area contributed by atoms with Crippen molar-refractivity contribution in [3.05, 3.63) is 89.7 Å². The molecule has 0 aliphatic heterocycles. The molecule has 8 heteroatoms. The van der Waals surface area contributed by atoms with Crippen LogP contribution in [0.15, 0.2) is 78.1 Å². The van der Waals surface area contributed by atoms with E-state index in [0.29, 0.717) is 40.0 Å². The minimum Gasteiger partial charge on any atom is -0.493 e. The molecule has 0 atom stereocenters. The Morgan fingerprint density at radius 1 is 0.778 bits per heavy atom. The smallest absolute Gasteiger partial charge is 0.339 e. The Kier molecular flexibility index (Phi) is 7.65. The summed E-state index contributed by atoms with van der Waals surface area (Å²) >= 11 is 0. The van der Waals surface area contributed by atoms with Crippen LogP contribution in [-0.2, 0) is 16.1 Å². The first kappa shape index (κ1) is 24.5. The summed E-state index contributed by atoms with van der Waals surface area (Å²) in [7, 11) is 6.25. The molecular formula is C28H26N2O6. The molecule has 0 N–H and O–H groups in total. The van der Waals surface area contributed by atoms with E-state index in [-0.39, 0.29) is 6.42 Å². The van der Waals surface area contributed by atoms with Crippen molar-refractivity contribution < 1.29 is 28.6 Å². The van der Waals surface area contributed by atoms with Crippen molar-refractivity contribution in [3.8, 4) is 23.0 Å². The number of benzene rings is 3. The second-order valence-electron chi connectivity index (χ2n) is 7.72. The van der Waals surface area contributed by atoms with Crippen molar-refractivity contribution in [3.63, 3.8) is 0 Å². The minimum absolute atomic E-state index is 0.0809. The molecule has 0 saturated heterocycles. The quantitative estimate of drug-likeness (QED) is 0.191. The van der Waals surface area contributed by atoms with Crippen molar-refractivity contribution in [1.29, 1.82) is 0 Å². The SMILES string of the molecule is COc1ccc(/C(=N\OC(=O)Cc2ccccc2)c2nccc3cc(OC)c(OC)cc23)cc1OC. The lowest BCUT2D eigenvalue weighted by Gasteiger charge is -2.14. The number of rotatable bonds is 9. The molecule has 4 aromatic rings. The van der Waals surface area contributed by atoms with Crippen molar-refractivity contribution in [2.45, 2.75) is 6.42 Å². The van der Waals surface area contributed by atoms with Crippen LogP contribution in [0.5, 0.6) is 23.0 Å². The summed E-state index contributed by atoms with van der Waals surface area (Å²) < 4.78 is 21.8. The molecule has 0 radical (unpaired) electrons. The maximum atomic E-state index is 12.6. The third-order valence-electron chi connectivity index (χ3n) is 5.58. The van der Waals surface area contributed by atoms with Gasteiger partial charge >= 0.3 is 5.97 Å². The Hall–Kier alpha value is -4.59. The maximum Gasteiger partial charge on any atom is 0.339 e. The number of nitrogens with zero attached hydrogens (tertiary/aromatic N) is 2. The van der Waals surface area contributed by atoms with Crippen LogP contribution >= 0.6 is 0 Å². The van der Waals surface area contributed by atoms with Crippen molar-refractivity contribution in [1.82, 2.24) is 4.98 Å². The molecule has 0 amide bonds. The van der Waals surface area contributed by atoms with Gasteiger partial charge in [-0.15, -0.1) is 0 Å². The highest BCUT2D eigenvalue weighted by atomic mass is 16.7. The van der Waals surface area contributed by atoms with Gasteiger partial charge in [-0.05, 0) is 47.3 Å². The maximum absolute atomic E-state index is 12.6. The lowest BCUT2D eigenvalue weighted by atomic mass is 10.0. The zero-order valence-corrected chi connectivity index (χ0v) is 20.5. The molecule has 3 aromatic carbocycles. The van der Waals surface area contributed by atoms with E-state index in [0.717, 1.165) is 16.3 Å². The lowest BCUT2D eigenvalue weighted by Crippen LogP contribution is -2.11. The molecule has 0 bridgehead atoms. The molecule has 0 saturated carbocycles. The number of methoxy groups -OCH3 is 4. The first-order valence-electron chi connectivity index (χ1n) is 11.1. The van der Waals surface area contributed by atoms with Gasteiger partial charge in [-0.2, -0.15) is 0 Å². The highest BCUT2D eigenvalue weighted by Gasteiger charge is 2.19. The zero-order valence-electron chi connectivity index (χ0n) is 20.5. The molecule has 0 aliphatic rings. The summed E-state index contributed by atoms with van der Waals surface area (Å²) in [6.07, 6.45) is 1.74. The molecule has 1 heterocycles. The van der Waals surface area contributed by atoms with E-state index in [1.54, 1.807) is 52.8 Å². The van der Waals surface area contributed by atoms with Crippen molar-refractivity contribution in [2.24, 2.45) is 5.16 Å². The second kappa shape index (κ2) is 11.2. The Morgan fingerprint density at radius 2 is 1.44 bits per heavy atom. The average molecular weight is 487 g/mol. The number of hydrogen-bond donors (Lipinski definition) is 0. The van der Waals surface area contributed by atoms with Gasteiger partial charge in [0.15, 0.2) is 23.0 Å². The largest absolute Gasteiger partial charge is 0.493 e. The summed E-state index contributed by atoms with van der Waals surface area (Å²) in [5.74, 6) is 1.67. The Morgan fingerprint density at radius 3 is 2.14 bits per heavy atom. The fraction of sp³-hybridized carbons (Fsp3) is 0.179. The molecule has 8 nitrogen and oxygen atoms in total. The van der Waals surface area contributed by atoms with Gasteiger partial charge in [-0.25, -0.2) is 4.79 Å². The van der Waals surface area contributed by atoms with Gasteiger partial charge in [0, 0.05) is 17.1 Å². The van der Waals surface area contributed by atoms with Crippen LogP contribution in [0.25, 0.3) is 10.8 Å². The van der Waals surface area contributed by atoms with Gasteiger partial charge in [0.1, 0.15) is 11.4 Å². The van der Waals surface area contributed by atoms with E-state index in [1.165, 1.54) is 0 Å². The number of carbonyl (C=O) groups is 1. The van der Waals surface area contributed by atoms with Gasteiger partial charge in [0.2, 0.25) is 0 Å². The van der Waals surface area contributed by atoms with Crippen LogP contribution in [0.1, 0.15) is 16.8 Å². The first-order valence-corrected chi connectivity index (χ1v) is 11.1. The minimum atomic E-state index is -0.501. The van der Waals surface area contributed by atoms with Gasteiger partial charge < -0.3 is 23.8 Å². The number of carbonyl (C=O) groups excluding carboxylic acids is 1. The zero-order chi connectivity index (χ0) is 25.5. The van der Waals surface area contributed by atoms with Gasteiger partial charge in [0.05, 0.1) is 34.9 Å². The number of fused-ring (bicyclic) bond motifs is 1. The fourth-order valence-electron chi connectivity index (χ4n) is 3.80. The Balaban J connectivity index is 1.83. The molecule has 0 unspecified atom stereocenters. The number of aromatic nitrogens is 1. The first-order chi connectivity index (χ1) is 17.6. The highest BCUT2D eigenvalue weighted by Crippen LogP contribution is 2.35. The predicted octanol–water partition coefficient (Wildman–Crippen LogP) is 4.81. The van der Waals surface area contributed by atoms with Crippen molar-refractivity contribution in [2.75, 3.05) is 28.4 Å². The average Bonchev–Trinajstić information content (AvgIpc) is 2.92. The topological polar surface area (TPSA) is 88.5 Å². The Bertz CT molecular complexity index is 1400. The fourth-order valence-corrected chi connectivity index (χ4v) is 3.80. The van der Waals surface area contributed by atoms with Gasteiger partial charge in [0.25, 0.3) is 0 Å². The van der Waals surface area contributed by atoms with E-state index < -0.39 is 5.97 Å². The third-order valence-corrected chi connectivity index (χ3v) is 5.58. The molecule has 0 fully saturated rings. The summed E-state index contributed by atoms with van der Waals surface area (Å²) in [5, 5.41) is 5.86. The molecule has 36 heavy (non-hydrogen) atoms. The summed E-state index contributed by atoms with van der Waals surface area (Å²) in [6.45, 7) is 0. The molecule has 4 rings (SSSR count). The summed E-state index contributed by atoms with van der Waals surface area (Å²) in [6, 6.07) is 20.2. The number of oxime groups is 1. The summed E-state index contributed by atoms with van der Waals surface area (Å²) in [5.41, 5.74) is 2.28. The van der Waals surface area contributed by atoms with Crippen LogP contribution in [0.3, 0.4) is 0 Å². The second-order valence-corrected chi connectivity index (χ2v) is 7.72. The number of ether oxygens (including phenoxy) is 4. The molecule has 1 aromatic heterocycles. The number of pyridine rings is 1. The van der Waals surface area contributed by atoms with Crippen LogP contribution in [-0.4, -0.2) is 45.1 Å². The normalized spacial score (nSPS) is 11.2. The Labute approximate surface area is 209 Å². The van der Waals surface area contributed by atoms with E-state index in [2.05, 4.69) is 10.1 Å². The standard InChI is InChI=1S/C28H26N2O6/c1-32-22-11-10-20(16-23(22)33-2)27(30-36-26(31)14-18-8-6-5-7-9-18)28-21-17-25(35-4)24(34-3)15-19(21)12-13-29-28/h5-13,15-17H,14H2,1-4H3/b30-27+. The molecular weight excluding hydrogens is 460 g/mol. The monoisotopic (exact) mass is 486 g/mol. The molecule has 0 spiro atoms. The van der Waals surface area contributed by atoms with Crippen LogP contribution in [0.2, 0.25) is 0 Å². The lowest BCUT2D eigenvalue weighted by molar-refractivity contribution is -0.142.